The molecule has 0 spiro atoms. The molecule has 0 radical (unpaired) electrons. The fourth-order valence-electron chi connectivity index (χ4n) is 3.05. The van der Waals surface area contributed by atoms with Crippen LogP contribution < -0.4 is 5.32 Å². The number of carbonyl (C=O) groups excluding carboxylic acids is 2. The second kappa shape index (κ2) is 9.77. The third kappa shape index (κ3) is 6.66. The van der Waals surface area contributed by atoms with Crippen molar-refractivity contribution in [1.82, 2.24) is 10.2 Å². The van der Waals surface area contributed by atoms with E-state index < -0.39 is 17.7 Å². The minimum absolute atomic E-state index is 0.0228. The van der Waals surface area contributed by atoms with E-state index in [2.05, 4.69) is 11.9 Å². The average molecular weight is 356 g/mol. The number of rotatable bonds is 8. The van der Waals surface area contributed by atoms with Gasteiger partial charge in [0.05, 0.1) is 25.3 Å². The number of alkyl carbamates (subject to hydrolysis) is 1. The number of nitrogens with one attached hydrogen (secondary N) is 1. The fourth-order valence-corrected chi connectivity index (χ4v) is 3.05. The van der Waals surface area contributed by atoms with E-state index in [0.717, 1.165) is 12.8 Å². The van der Waals surface area contributed by atoms with Crippen molar-refractivity contribution in [2.24, 2.45) is 0 Å². The molecule has 0 aromatic rings. The first-order valence-corrected chi connectivity index (χ1v) is 8.64. The van der Waals surface area contributed by atoms with E-state index in [1.807, 2.05) is 0 Å². The second-order valence-corrected chi connectivity index (χ2v) is 7.26. The number of likely N-dealkylation sites (tertiary alicyclic amines) is 1. The molecule has 0 bridgehead atoms. The van der Waals surface area contributed by atoms with Gasteiger partial charge in [0.25, 0.3) is 0 Å². The molecule has 1 aliphatic heterocycles. The zero-order chi connectivity index (χ0) is 19.0. The molecule has 7 heteroatoms. The molecular formula is C18H32N2O5. The van der Waals surface area contributed by atoms with Gasteiger partial charge in [0.15, 0.2) is 0 Å². The maximum atomic E-state index is 13.1. The molecule has 2 amide bonds. The predicted molar refractivity (Wildman–Crippen MR) is 95.4 cm³/mol. The lowest BCUT2D eigenvalue weighted by Gasteiger charge is -2.33. The van der Waals surface area contributed by atoms with Gasteiger partial charge in [-0.25, -0.2) is 4.79 Å². The lowest BCUT2D eigenvalue weighted by atomic mass is 10.1. The third-order valence-corrected chi connectivity index (χ3v) is 3.98. The van der Waals surface area contributed by atoms with E-state index in [4.69, 9.17) is 14.2 Å². The number of hydrogen-bond acceptors (Lipinski definition) is 5. The van der Waals surface area contributed by atoms with Gasteiger partial charge < -0.3 is 24.4 Å². The van der Waals surface area contributed by atoms with Crippen molar-refractivity contribution in [2.75, 3.05) is 27.4 Å². The Morgan fingerprint density at radius 3 is 2.12 bits per heavy atom. The molecule has 1 rings (SSSR count). The van der Waals surface area contributed by atoms with Crippen molar-refractivity contribution >= 4 is 12.0 Å². The Balaban J connectivity index is 2.89. The normalized spacial score (nSPS) is 21.7. The summed E-state index contributed by atoms with van der Waals surface area (Å²) < 4.78 is 15.8. The quantitative estimate of drug-likeness (QED) is 0.674. The first-order valence-electron chi connectivity index (χ1n) is 8.64. The Morgan fingerprint density at radius 1 is 1.20 bits per heavy atom. The van der Waals surface area contributed by atoms with Gasteiger partial charge in [-0.05, 0) is 40.0 Å². The smallest absolute Gasteiger partial charge is 0.408 e. The Morgan fingerprint density at radius 2 is 1.72 bits per heavy atom. The van der Waals surface area contributed by atoms with Crippen molar-refractivity contribution in [2.45, 2.75) is 63.8 Å². The van der Waals surface area contributed by atoms with E-state index in [1.54, 1.807) is 46.0 Å². The first kappa shape index (κ1) is 21.4. The van der Waals surface area contributed by atoms with Crippen LogP contribution >= 0.6 is 0 Å². The van der Waals surface area contributed by atoms with Gasteiger partial charge in [-0.1, -0.05) is 6.08 Å². The van der Waals surface area contributed by atoms with Crippen molar-refractivity contribution in [3.8, 4) is 0 Å². The summed E-state index contributed by atoms with van der Waals surface area (Å²) in [7, 11) is 3.24. The topological polar surface area (TPSA) is 77.1 Å². The summed E-state index contributed by atoms with van der Waals surface area (Å²) in [4.78, 5) is 27.0. The van der Waals surface area contributed by atoms with Crippen molar-refractivity contribution in [3.05, 3.63) is 12.7 Å². The molecular weight excluding hydrogens is 324 g/mol. The zero-order valence-corrected chi connectivity index (χ0v) is 16.0. The van der Waals surface area contributed by atoms with Crippen LogP contribution in [0.2, 0.25) is 0 Å². The minimum Gasteiger partial charge on any atom is -0.444 e. The maximum Gasteiger partial charge on any atom is 0.408 e. The Hall–Kier alpha value is -1.60. The molecule has 3 atom stereocenters. The molecule has 0 aromatic carbocycles. The number of methoxy groups -OCH3 is 2. The van der Waals surface area contributed by atoms with Gasteiger partial charge in [-0.3, -0.25) is 4.79 Å². The molecule has 1 heterocycles. The van der Waals surface area contributed by atoms with E-state index >= 15 is 0 Å². The van der Waals surface area contributed by atoms with E-state index in [0.29, 0.717) is 19.6 Å². The van der Waals surface area contributed by atoms with Crippen LogP contribution in [0, 0.1) is 0 Å². The summed E-state index contributed by atoms with van der Waals surface area (Å²) in [6, 6.07) is -0.764. The SMILES string of the molecule is C=CC[C@@H](NC(=O)OC(C)(C)C)C(=O)N1[C@@H](COC)CC[C@@H]1COC. The monoisotopic (exact) mass is 356 g/mol. The maximum absolute atomic E-state index is 13.1. The third-order valence-electron chi connectivity index (χ3n) is 3.98. The highest BCUT2D eigenvalue weighted by molar-refractivity contribution is 5.86. The van der Waals surface area contributed by atoms with E-state index in [1.165, 1.54) is 0 Å². The molecule has 1 N–H and O–H groups in total. The molecule has 25 heavy (non-hydrogen) atoms. The lowest BCUT2D eigenvalue weighted by molar-refractivity contribution is -0.138. The molecule has 1 fully saturated rings. The van der Waals surface area contributed by atoms with Crippen molar-refractivity contribution in [1.29, 1.82) is 0 Å². The summed E-state index contributed by atoms with van der Waals surface area (Å²) in [5.41, 5.74) is -0.628. The van der Waals surface area contributed by atoms with Gasteiger partial charge in [0.2, 0.25) is 5.91 Å². The van der Waals surface area contributed by atoms with Crippen molar-refractivity contribution < 1.29 is 23.8 Å². The highest BCUT2D eigenvalue weighted by atomic mass is 16.6. The van der Waals surface area contributed by atoms with Crippen LogP contribution in [-0.4, -0.2) is 68.1 Å². The van der Waals surface area contributed by atoms with Crippen molar-refractivity contribution in [3.63, 3.8) is 0 Å². The van der Waals surface area contributed by atoms with Crippen LogP contribution in [0.15, 0.2) is 12.7 Å². The molecule has 0 unspecified atom stereocenters. The van der Waals surface area contributed by atoms with Gasteiger partial charge in [0, 0.05) is 14.2 Å². The molecule has 144 valence electrons. The number of hydrogen-bond donors (Lipinski definition) is 1. The molecule has 1 aliphatic rings. The van der Waals surface area contributed by atoms with Gasteiger partial charge in [-0.15, -0.1) is 6.58 Å². The molecule has 0 aliphatic carbocycles. The first-order chi connectivity index (χ1) is 11.7. The largest absolute Gasteiger partial charge is 0.444 e. The summed E-state index contributed by atoms with van der Waals surface area (Å²) in [6.07, 6.45) is 3.03. The Labute approximate surface area is 150 Å². The fraction of sp³-hybridized carbons (Fsp3) is 0.778. The number of ether oxygens (including phenoxy) is 3. The molecule has 0 saturated carbocycles. The second-order valence-electron chi connectivity index (χ2n) is 7.26. The van der Waals surface area contributed by atoms with Crippen LogP contribution in [0.1, 0.15) is 40.0 Å². The van der Waals surface area contributed by atoms with Crippen LogP contribution in [0.3, 0.4) is 0 Å². The predicted octanol–water partition coefficient (Wildman–Crippen LogP) is 2.11. The number of nitrogens with zero attached hydrogens (tertiary/aromatic N) is 1. The van der Waals surface area contributed by atoms with Gasteiger partial charge in [-0.2, -0.15) is 0 Å². The standard InChI is InChI=1S/C18H32N2O5/c1-7-8-15(19-17(22)25-18(2,3)4)16(21)20-13(11-23-5)9-10-14(20)12-24-6/h7,13-15H,1,8-12H2,2-6H3,(H,19,22)/t13-,14-,15-/m1/s1. The number of amides is 2. The summed E-state index contributed by atoms with van der Waals surface area (Å²) in [6.45, 7) is 9.94. The van der Waals surface area contributed by atoms with Crippen LogP contribution in [-0.2, 0) is 19.0 Å². The summed E-state index contributed by atoms with van der Waals surface area (Å²) >= 11 is 0. The highest BCUT2D eigenvalue weighted by Crippen LogP contribution is 2.26. The molecule has 7 nitrogen and oxygen atoms in total. The summed E-state index contributed by atoms with van der Waals surface area (Å²) in [5.74, 6) is -0.160. The van der Waals surface area contributed by atoms with Gasteiger partial charge >= 0.3 is 6.09 Å². The average Bonchev–Trinajstić information content (AvgIpc) is 2.88. The summed E-state index contributed by atoms with van der Waals surface area (Å²) in [5, 5.41) is 2.67. The van der Waals surface area contributed by atoms with Crippen LogP contribution in [0.25, 0.3) is 0 Å². The van der Waals surface area contributed by atoms with Gasteiger partial charge in [0.1, 0.15) is 11.6 Å². The highest BCUT2D eigenvalue weighted by Gasteiger charge is 2.40. The Bertz CT molecular complexity index is 447. The van der Waals surface area contributed by atoms with Crippen LogP contribution in [0.4, 0.5) is 4.79 Å². The van der Waals surface area contributed by atoms with E-state index in [9.17, 15) is 9.59 Å². The lowest BCUT2D eigenvalue weighted by Crippen LogP contribution is -2.54. The zero-order valence-electron chi connectivity index (χ0n) is 16.0. The number of carbonyl (C=O) groups is 2. The van der Waals surface area contributed by atoms with Crippen LogP contribution in [0.5, 0.6) is 0 Å². The molecule has 0 aromatic heterocycles. The van der Waals surface area contributed by atoms with E-state index in [-0.39, 0.29) is 18.0 Å². The minimum atomic E-state index is -0.718. The molecule has 1 saturated heterocycles. The Kier molecular flexibility index (Phi) is 8.38.